The van der Waals surface area contributed by atoms with Crippen LogP contribution in [0.15, 0.2) is 12.2 Å². The summed E-state index contributed by atoms with van der Waals surface area (Å²) in [7, 11) is 0. The number of hydrogen-bond acceptors (Lipinski definition) is 4. The molecule has 2 N–H and O–H groups in total. The quantitative estimate of drug-likeness (QED) is 0.526. The van der Waals surface area contributed by atoms with E-state index in [9.17, 15) is 14.4 Å². The Morgan fingerprint density at radius 2 is 1.77 bits per heavy atom. The van der Waals surface area contributed by atoms with Gasteiger partial charge in [0.1, 0.15) is 11.6 Å². The van der Waals surface area contributed by atoms with Gasteiger partial charge in [-0.3, -0.25) is 9.59 Å². The van der Waals surface area contributed by atoms with E-state index < -0.39 is 23.5 Å². The van der Waals surface area contributed by atoms with Gasteiger partial charge in [0.25, 0.3) is 0 Å². The molecule has 6 heteroatoms. The normalized spacial score (nSPS) is 14.7. The van der Waals surface area contributed by atoms with Crippen LogP contribution in [0, 0.1) is 5.92 Å². The molecule has 0 saturated heterocycles. The molecular weight excluding hydrogens is 284 g/mol. The highest BCUT2D eigenvalue weighted by Crippen LogP contribution is 2.17. The van der Waals surface area contributed by atoms with Crippen LogP contribution in [-0.2, 0) is 19.1 Å². The molecule has 0 spiro atoms. The summed E-state index contributed by atoms with van der Waals surface area (Å²) in [6.07, 6.45) is 0.284. The fourth-order valence-electron chi connectivity index (χ4n) is 2.20. The number of esters is 1. The third kappa shape index (κ3) is 6.28. The van der Waals surface area contributed by atoms with E-state index in [1.807, 2.05) is 13.8 Å². The molecule has 0 aliphatic heterocycles. The van der Waals surface area contributed by atoms with Crippen LogP contribution < -0.4 is 10.6 Å². The standard InChI is InChI=1S/C16H28N2O4/c1-8-22-14(20)13(11(4)5)17-15(21)16(7,9-10(2)3)18-12(6)19/h11,13H,2,8-9H2,1,3-7H3,(H,17,21)(H,18,19)/t13-,16-/m0/s1. The lowest BCUT2D eigenvalue weighted by molar-refractivity contribution is -0.149. The van der Waals surface area contributed by atoms with Crippen LogP contribution in [0.2, 0.25) is 0 Å². The molecular formula is C16H28N2O4. The molecule has 0 fully saturated rings. The molecule has 0 unspecified atom stereocenters. The van der Waals surface area contributed by atoms with Crippen molar-refractivity contribution in [3.05, 3.63) is 12.2 Å². The zero-order valence-corrected chi connectivity index (χ0v) is 14.4. The highest BCUT2D eigenvalue weighted by atomic mass is 16.5. The molecule has 0 aliphatic carbocycles. The first-order valence-electron chi connectivity index (χ1n) is 7.44. The number of nitrogens with one attached hydrogen (secondary N) is 2. The molecule has 126 valence electrons. The predicted molar refractivity (Wildman–Crippen MR) is 85.1 cm³/mol. The minimum atomic E-state index is -1.16. The van der Waals surface area contributed by atoms with Gasteiger partial charge in [0.2, 0.25) is 11.8 Å². The number of ether oxygens (including phenoxy) is 1. The second-order valence-electron chi connectivity index (χ2n) is 6.09. The van der Waals surface area contributed by atoms with E-state index in [1.165, 1.54) is 6.92 Å². The van der Waals surface area contributed by atoms with Crippen molar-refractivity contribution >= 4 is 17.8 Å². The van der Waals surface area contributed by atoms with Gasteiger partial charge in [-0.1, -0.05) is 19.4 Å². The average molecular weight is 312 g/mol. The van der Waals surface area contributed by atoms with E-state index >= 15 is 0 Å². The summed E-state index contributed by atoms with van der Waals surface area (Å²) >= 11 is 0. The van der Waals surface area contributed by atoms with Gasteiger partial charge in [-0.2, -0.15) is 0 Å². The molecule has 0 heterocycles. The first kappa shape index (κ1) is 20.1. The molecule has 0 aromatic heterocycles. The van der Waals surface area contributed by atoms with Gasteiger partial charge >= 0.3 is 5.97 Å². The molecule has 0 bridgehead atoms. The summed E-state index contributed by atoms with van der Waals surface area (Å²) in [5.74, 6) is -1.37. The van der Waals surface area contributed by atoms with Crippen LogP contribution in [-0.4, -0.2) is 36.0 Å². The Kier molecular flexibility index (Phi) is 7.84. The van der Waals surface area contributed by atoms with E-state index in [4.69, 9.17) is 4.74 Å². The van der Waals surface area contributed by atoms with E-state index in [2.05, 4.69) is 17.2 Å². The molecule has 0 saturated carbocycles. The van der Waals surface area contributed by atoms with Gasteiger partial charge in [0.15, 0.2) is 0 Å². The molecule has 0 rings (SSSR count). The Labute approximate surface area is 132 Å². The lowest BCUT2D eigenvalue weighted by atomic mass is 9.91. The van der Waals surface area contributed by atoms with Crippen molar-refractivity contribution < 1.29 is 19.1 Å². The van der Waals surface area contributed by atoms with Gasteiger partial charge in [-0.25, -0.2) is 4.79 Å². The smallest absolute Gasteiger partial charge is 0.328 e. The fraction of sp³-hybridized carbons (Fsp3) is 0.688. The highest BCUT2D eigenvalue weighted by Gasteiger charge is 2.37. The van der Waals surface area contributed by atoms with E-state index in [1.54, 1.807) is 20.8 Å². The number of amides is 2. The van der Waals surface area contributed by atoms with Crippen molar-refractivity contribution in [2.24, 2.45) is 5.92 Å². The van der Waals surface area contributed by atoms with Crippen LogP contribution in [0.5, 0.6) is 0 Å². The van der Waals surface area contributed by atoms with Crippen molar-refractivity contribution in [3.63, 3.8) is 0 Å². The van der Waals surface area contributed by atoms with Crippen molar-refractivity contribution in [2.75, 3.05) is 6.61 Å². The fourth-order valence-corrected chi connectivity index (χ4v) is 2.20. The SMILES string of the molecule is C=C(C)C[C@](C)(NC(C)=O)C(=O)N[C@H](C(=O)OCC)C(C)C. The lowest BCUT2D eigenvalue weighted by Gasteiger charge is -2.32. The first-order valence-corrected chi connectivity index (χ1v) is 7.44. The zero-order chi connectivity index (χ0) is 17.5. The maximum absolute atomic E-state index is 12.6. The third-order valence-electron chi connectivity index (χ3n) is 3.10. The predicted octanol–water partition coefficient (Wildman–Crippen LogP) is 1.55. The van der Waals surface area contributed by atoms with Crippen LogP contribution in [0.3, 0.4) is 0 Å². The van der Waals surface area contributed by atoms with Crippen LogP contribution in [0.1, 0.15) is 48.0 Å². The van der Waals surface area contributed by atoms with E-state index in [-0.39, 0.29) is 24.9 Å². The zero-order valence-electron chi connectivity index (χ0n) is 14.4. The summed E-state index contributed by atoms with van der Waals surface area (Å²) in [6, 6.07) is -0.759. The molecule has 0 aromatic carbocycles. The number of carbonyl (C=O) groups is 3. The van der Waals surface area contributed by atoms with Gasteiger partial charge < -0.3 is 15.4 Å². The molecule has 2 amide bonds. The Bertz CT molecular complexity index is 427. The summed E-state index contributed by atoms with van der Waals surface area (Å²) in [5, 5.41) is 5.32. The minimum absolute atomic E-state index is 0.130. The Morgan fingerprint density at radius 1 is 1.23 bits per heavy atom. The lowest BCUT2D eigenvalue weighted by Crippen LogP contribution is -2.60. The van der Waals surface area contributed by atoms with Crippen molar-refractivity contribution in [1.82, 2.24) is 10.6 Å². The number of carbonyl (C=O) groups excluding carboxylic acids is 3. The van der Waals surface area contributed by atoms with Gasteiger partial charge in [-0.05, 0) is 33.1 Å². The maximum Gasteiger partial charge on any atom is 0.328 e. The topological polar surface area (TPSA) is 84.5 Å². The minimum Gasteiger partial charge on any atom is -0.464 e. The first-order chi connectivity index (χ1) is 10.0. The molecule has 0 aromatic rings. The number of hydrogen-bond donors (Lipinski definition) is 2. The third-order valence-corrected chi connectivity index (χ3v) is 3.10. The van der Waals surface area contributed by atoms with Crippen LogP contribution in [0.4, 0.5) is 0 Å². The van der Waals surface area contributed by atoms with Crippen molar-refractivity contribution in [3.8, 4) is 0 Å². The van der Waals surface area contributed by atoms with Gasteiger partial charge in [-0.15, -0.1) is 6.58 Å². The molecule has 0 aliphatic rings. The number of rotatable bonds is 8. The van der Waals surface area contributed by atoms with E-state index in [0.29, 0.717) is 0 Å². The molecule has 2 atom stereocenters. The van der Waals surface area contributed by atoms with Gasteiger partial charge in [0.05, 0.1) is 6.61 Å². The van der Waals surface area contributed by atoms with Crippen molar-refractivity contribution in [1.29, 1.82) is 0 Å². The monoisotopic (exact) mass is 312 g/mol. The van der Waals surface area contributed by atoms with Gasteiger partial charge in [0, 0.05) is 6.92 Å². The second kappa shape index (κ2) is 8.56. The van der Waals surface area contributed by atoms with E-state index in [0.717, 1.165) is 5.57 Å². The summed E-state index contributed by atoms with van der Waals surface area (Å²) in [6.45, 7) is 14.1. The Morgan fingerprint density at radius 3 is 2.14 bits per heavy atom. The summed E-state index contributed by atoms with van der Waals surface area (Å²) in [4.78, 5) is 35.9. The Balaban J connectivity index is 5.24. The average Bonchev–Trinajstić information content (AvgIpc) is 2.33. The van der Waals surface area contributed by atoms with Crippen LogP contribution in [0.25, 0.3) is 0 Å². The highest BCUT2D eigenvalue weighted by molar-refractivity contribution is 5.93. The van der Waals surface area contributed by atoms with Crippen molar-refractivity contribution in [2.45, 2.75) is 59.5 Å². The Hall–Kier alpha value is -1.85. The molecule has 22 heavy (non-hydrogen) atoms. The maximum atomic E-state index is 12.6. The summed E-state index contributed by atoms with van der Waals surface area (Å²) in [5.41, 5.74) is -0.402. The summed E-state index contributed by atoms with van der Waals surface area (Å²) < 4.78 is 4.98. The largest absolute Gasteiger partial charge is 0.464 e. The molecule has 0 radical (unpaired) electrons. The molecule has 6 nitrogen and oxygen atoms in total. The second-order valence-corrected chi connectivity index (χ2v) is 6.09. The van der Waals surface area contributed by atoms with Crippen LogP contribution >= 0.6 is 0 Å².